The summed E-state index contributed by atoms with van der Waals surface area (Å²) in [5.74, 6) is -0.147. The number of hydrogen-bond donors (Lipinski definition) is 1. The van der Waals surface area contributed by atoms with E-state index in [9.17, 15) is 16.8 Å². The van der Waals surface area contributed by atoms with Gasteiger partial charge in [-0.2, -0.15) is 0 Å². The van der Waals surface area contributed by atoms with E-state index in [2.05, 4.69) is 21.3 Å². The zero-order valence-corrected chi connectivity index (χ0v) is 21.8. The highest BCUT2D eigenvalue weighted by molar-refractivity contribution is 7.93. The molecule has 0 radical (unpaired) electrons. The summed E-state index contributed by atoms with van der Waals surface area (Å²) in [6, 6.07) is 19.7. The maximum atomic E-state index is 14.1. The van der Waals surface area contributed by atoms with Gasteiger partial charge in [-0.15, -0.1) is 6.58 Å². The van der Waals surface area contributed by atoms with Crippen LogP contribution in [0.25, 0.3) is 22.2 Å². The summed E-state index contributed by atoms with van der Waals surface area (Å²) in [7, 11) is -8.39. The summed E-state index contributed by atoms with van der Waals surface area (Å²) >= 11 is 0. The van der Waals surface area contributed by atoms with Gasteiger partial charge in [-0.3, -0.25) is 4.72 Å². The van der Waals surface area contributed by atoms with E-state index < -0.39 is 19.9 Å². The minimum absolute atomic E-state index is 0.00160. The third-order valence-electron chi connectivity index (χ3n) is 5.98. The van der Waals surface area contributed by atoms with Crippen LogP contribution in [0.2, 0.25) is 0 Å². The van der Waals surface area contributed by atoms with Crippen LogP contribution in [0, 0.1) is 13.8 Å². The fourth-order valence-electron chi connectivity index (χ4n) is 4.07. The number of fused-ring (bicyclic) bond motifs is 2. The third kappa shape index (κ3) is 4.38. The number of rotatable bonds is 7. The van der Waals surface area contributed by atoms with Crippen LogP contribution < -0.4 is 4.72 Å². The average molecular weight is 533 g/mol. The van der Waals surface area contributed by atoms with Gasteiger partial charge < -0.3 is 4.57 Å². The molecule has 0 bridgehead atoms. The lowest BCUT2D eigenvalue weighted by molar-refractivity contribution is 0.596. The predicted molar refractivity (Wildman–Crippen MR) is 144 cm³/mol. The fourth-order valence-corrected chi connectivity index (χ4v) is 6.75. The molecule has 0 fully saturated rings. The second-order valence-electron chi connectivity index (χ2n) is 8.70. The monoisotopic (exact) mass is 532 g/mol. The van der Waals surface area contributed by atoms with Crippen molar-refractivity contribution in [2.24, 2.45) is 0 Å². The topological polar surface area (TPSA) is 111 Å². The number of aryl methyl sites for hydroxylation is 2. The normalized spacial score (nSPS) is 12.2. The van der Waals surface area contributed by atoms with Crippen LogP contribution in [-0.2, 0) is 26.4 Å². The quantitative estimate of drug-likeness (QED) is 0.295. The highest BCUT2D eigenvalue weighted by Gasteiger charge is 2.33. The lowest BCUT2D eigenvalue weighted by Gasteiger charge is -2.14. The summed E-state index contributed by atoms with van der Waals surface area (Å²) in [4.78, 5) is 9.05. The molecule has 0 saturated heterocycles. The van der Waals surface area contributed by atoms with Crippen molar-refractivity contribution in [1.29, 1.82) is 0 Å². The fraction of sp³-hybridized carbons (Fsp3) is 0.111. The molecule has 1 N–H and O–H groups in total. The molecule has 0 amide bonds. The Labute approximate surface area is 215 Å². The summed E-state index contributed by atoms with van der Waals surface area (Å²) in [6.45, 7) is 7.57. The van der Waals surface area contributed by atoms with Crippen LogP contribution in [0.4, 0.5) is 5.82 Å². The van der Waals surface area contributed by atoms with Gasteiger partial charge >= 0.3 is 0 Å². The molecular formula is C27H24N4O4S2. The van der Waals surface area contributed by atoms with Gasteiger partial charge in [-0.05, 0) is 50.2 Å². The lowest BCUT2D eigenvalue weighted by Crippen LogP contribution is -2.18. The van der Waals surface area contributed by atoms with Gasteiger partial charge in [0.15, 0.2) is 5.65 Å². The lowest BCUT2D eigenvalue weighted by atomic mass is 10.2. The number of nitrogens with zero attached hydrogens (tertiary/aromatic N) is 3. The van der Waals surface area contributed by atoms with E-state index in [4.69, 9.17) is 0 Å². The third-order valence-corrected chi connectivity index (χ3v) is 9.15. The van der Waals surface area contributed by atoms with Gasteiger partial charge in [-0.25, -0.2) is 26.8 Å². The van der Waals surface area contributed by atoms with Crippen LogP contribution in [0.3, 0.4) is 0 Å². The Kier molecular flexibility index (Phi) is 6.09. The van der Waals surface area contributed by atoms with Gasteiger partial charge in [-0.1, -0.05) is 53.6 Å². The van der Waals surface area contributed by atoms with E-state index in [0.29, 0.717) is 11.0 Å². The first-order valence-electron chi connectivity index (χ1n) is 11.4. The van der Waals surface area contributed by atoms with Gasteiger partial charge in [0.05, 0.1) is 20.8 Å². The molecule has 0 aliphatic heterocycles. The number of para-hydroxylation sites is 2. The SMILES string of the molecule is C=CCn1c(NS(=O)(=O)c2ccc(C)cc2)c(S(=O)(=O)c2ccc(C)cc2)c2nc3ccccc3nc21. The van der Waals surface area contributed by atoms with Gasteiger partial charge in [0, 0.05) is 6.54 Å². The maximum absolute atomic E-state index is 14.1. The Balaban J connectivity index is 1.86. The number of nitrogens with one attached hydrogen (secondary N) is 1. The van der Waals surface area contributed by atoms with Crippen LogP contribution in [-0.4, -0.2) is 31.4 Å². The van der Waals surface area contributed by atoms with E-state index in [1.54, 1.807) is 54.6 Å². The molecule has 37 heavy (non-hydrogen) atoms. The number of sulfone groups is 1. The van der Waals surface area contributed by atoms with Crippen LogP contribution >= 0.6 is 0 Å². The zero-order chi connectivity index (χ0) is 26.4. The van der Waals surface area contributed by atoms with Crippen molar-refractivity contribution in [1.82, 2.24) is 14.5 Å². The number of anilines is 1. The highest BCUT2D eigenvalue weighted by Crippen LogP contribution is 2.38. The Morgan fingerprint density at radius 1 is 0.811 bits per heavy atom. The number of sulfonamides is 1. The Bertz CT molecular complexity index is 1880. The van der Waals surface area contributed by atoms with E-state index >= 15 is 0 Å². The first kappa shape index (κ1) is 24.7. The van der Waals surface area contributed by atoms with Crippen molar-refractivity contribution >= 4 is 47.9 Å². The molecule has 0 aliphatic rings. The second-order valence-corrected chi connectivity index (χ2v) is 12.3. The van der Waals surface area contributed by atoms with Gasteiger partial charge in [0.25, 0.3) is 10.0 Å². The smallest absolute Gasteiger partial charge is 0.263 e. The van der Waals surface area contributed by atoms with Crippen molar-refractivity contribution in [2.45, 2.75) is 35.1 Å². The molecule has 0 saturated carbocycles. The van der Waals surface area contributed by atoms with Crippen molar-refractivity contribution in [3.8, 4) is 0 Å². The molecule has 0 spiro atoms. The molecule has 0 unspecified atom stereocenters. The minimum atomic E-state index is -4.22. The molecule has 188 valence electrons. The van der Waals surface area contributed by atoms with E-state index in [-0.39, 0.29) is 38.2 Å². The number of benzene rings is 3. The number of hydrogen-bond acceptors (Lipinski definition) is 6. The molecule has 0 aliphatic carbocycles. The van der Waals surface area contributed by atoms with Crippen LogP contribution in [0.1, 0.15) is 11.1 Å². The number of allylic oxidation sites excluding steroid dienone is 1. The molecule has 5 aromatic rings. The number of aromatic nitrogens is 3. The zero-order valence-electron chi connectivity index (χ0n) is 20.2. The van der Waals surface area contributed by atoms with Crippen LogP contribution in [0.5, 0.6) is 0 Å². The van der Waals surface area contributed by atoms with Crippen molar-refractivity contribution in [3.05, 3.63) is 96.6 Å². The summed E-state index contributed by atoms with van der Waals surface area (Å²) in [5.41, 5.74) is 3.11. The highest BCUT2D eigenvalue weighted by atomic mass is 32.2. The van der Waals surface area contributed by atoms with E-state index in [1.165, 1.54) is 28.8 Å². The summed E-state index contributed by atoms with van der Waals surface area (Å²) in [5, 5.41) is 0. The summed E-state index contributed by atoms with van der Waals surface area (Å²) < 4.78 is 59.0. The Morgan fingerprint density at radius 3 is 1.92 bits per heavy atom. The van der Waals surface area contributed by atoms with Crippen molar-refractivity contribution < 1.29 is 16.8 Å². The molecule has 3 aromatic carbocycles. The molecule has 2 aromatic heterocycles. The minimum Gasteiger partial charge on any atom is -0.305 e. The predicted octanol–water partition coefficient (Wildman–Crippen LogP) is 5.02. The Hall–Kier alpha value is -4.02. The molecule has 5 rings (SSSR count). The first-order valence-corrected chi connectivity index (χ1v) is 14.4. The standard InChI is InChI=1S/C27H24N4O4S2/c1-4-17-31-26-24(28-22-7-5-6-8-23(22)29-26)25(36(32,33)20-13-9-18(2)10-14-20)27(31)30-37(34,35)21-15-11-19(3)12-16-21/h4-16,30H,1,17H2,2-3H3. The van der Waals surface area contributed by atoms with Crippen molar-refractivity contribution in [3.63, 3.8) is 0 Å². The first-order chi connectivity index (χ1) is 17.6. The largest absolute Gasteiger partial charge is 0.305 e. The second kappa shape index (κ2) is 9.13. The molecule has 8 nitrogen and oxygen atoms in total. The van der Waals surface area contributed by atoms with E-state index in [0.717, 1.165) is 11.1 Å². The van der Waals surface area contributed by atoms with Crippen LogP contribution in [0.15, 0.2) is 100 Å². The molecule has 0 atom stereocenters. The summed E-state index contributed by atoms with van der Waals surface area (Å²) in [6.07, 6.45) is 1.54. The van der Waals surface area contributed by atoms with E-state index in [1.807, 2.05) is 13.8 Å². The maximum Gasteiger partial charge on any atom is 0.263 e. The average Bonchev–Trinajstić information content (AvgIpc) is 3.15. The molecule has 10 heteroatoms. The van der Waals surface area contributed by atoms with Crippen molar-refractivity contribution in [2.75, 3.05) is 4.72 Å². The molecular weight excluding hydrogens is 508 g/mol. The van der Waals surface area contributed by atoms with Gasteiger partial charge in [0.1, 0.15) is 16.2 Å². The molecule has 2 heterocycles. The van der Waals surface area contributed by atoms with Gasteiger partial charge in [0.2, 0.25) is 9.84 Å². The Morgan fingerprint density at radius 2 is 1.35 bits per heavy atom.